The van der Waals surface area contributed by atoms with E-state index in [0.29, 0.717) is 28.3 Å². The monoisotopic (exact) mass is 604 g/mol. The van der Waals surface area contributed by atoms with Gasteiger partial charge in [-0.05, 0) is 36.4 Å². The molecule has 1 heterocycles. The number of carbonyl (C=O) groups is 1. The number of nitrogens with zero attached hydrogens (tertiary/aromatic N) is 2. The Balaban J connectivity index is 0.000000239. The second-order valence-electron chi connectivity index (χ2n) is 8.09. The lowest BCUT2D eigenvalue weighted by atomic mass is 10.2. The molecule has 41 heavy (non-hydrogen) atoms. The van der Waals surface area contributed by atoms with Crippen molar-refractivity contribution in [3.63, 3.8) is 0 Å². The molecule has 0 aliphatic rings. The molecule has 0 aliphatic heterocycles. The number of anilines is 2. The van der Waals surface area contributed by atoms with E-state index in [1.54, 1.807) is 66.7 Å². The number of oxime groups is 1. The van der Waals surface area contributed by atoms with Crippen LogP contribution in [-0.2, 0) is 24.9 Å². The number of para-hydroxylation sites is 1. The first kappa shape index (κ1) is 30.4. The van der Waals surface area contributed by atoms with Crippen molar-refractivity contribution in [2.75, 3.05) is 22.0 Å². The molecule has 0 atom stereocenters. The highest BCUT2D eigenvalue weighted by Crippen LogP contribution is 2.19. The van der Waals surface area contributed by atoms with Gasteiger partial charge in [-0.3, -0.25) is 23.8 Å². The maximum absolute atomic E-state index is 11.5. The van der Waals surface area contributed by atoms with E-state index in [0.717, 1.165) is 12.5 Å². The van der Waals surface area contributed by atoms with Crippen LogP contribution >= 0.6 is 0 Å². The Morgan fingerprint density at radius 3 is 2.10 bits per heavy atom. The highest BCUT2D eigenvalue weighted by Gasteiger charge is 2.09. The second-order valence-corrected chi connectivity index (χ2v) is 11.6. The van der Waals surface area contributed by atoms with Gasteiger partial charge in [0.05, 0.1) is 12.5 Å². The standard InChI is InChI=1S/C15H15N3O5S.C9H9N3O4S/c1-24(20,21)18-12-7-5-6-11(10-12)14(16)17-23-15(19)22-13-8-3-2-4-9-13;1-17(14,15)12-7-4-2-3-6(5-7)8-10-9(13)16-11-8/h2-10,18H,1H3,(H2,16,17);2-5,12H,1H3,(H,10,11,13). The van der Waals surface area contributed by atoms with E-state index >= 15 is 0 Å². The van der Waals surface area contributed by atoms with E-state index in [1.807, 2.05) is 0 Å². The SMILES string of the molecule is CS(=O)(=O)Nc1cccc(-c2noc(=O)[nH]2)c1.CS(=O)(=O)Nc1cccc(/C(N)=N\OC(=O)Oc2ccccc2)c1. The van der Waals surface area contributed by atoms with Crippen LogP contribution in [0.5, 0.6) is 5.75 Å². The van der Waals surface area contributed by atoms with Gasteiger partial charge >= 0.3 is 11.9 Å². The lowest BCUT2D eigenvalue weighted by Crippen LogP contribution is -2.17. The molecule has 216 valence electrons. The quantitative estimate of drug-likeness (QED) is 0.0570. The van der Waals surface area contributed by atoms with Gasteiger partial charge in [0.2, 0.25) is 20.0 Å². The number of hydrogen-bond acceptors (Lipinski definition) is 11. The number of hydrogen-bond donors (Lipinski definition) is 4. The van der Waals surface area contributed by atoms with E-state index in [9.17, 15) is 26.4 Å². The minimum absolute atomic E-state index is 0.114. The normalized spacial score (nSPS) is 11.5. The molecule has 0 fully saturated rings. The van der Waals surface area contributed by atoms with Gasteiger partial charge in [0, 0.05) is 22.5 Å². The lowest BCUT2D eigenvalue weighted by Gasteiger charge is -2.06. The summed E-state index contributed by atoms with van der Waals surface area (Å²) in [7, 11) is -6.75. The molecular formula is C24H24N6O9S2. The summed E-state index contributed by atoms with van der Waals surface area (Å²) in [6, 6.07) is 20.9. The van der Waals surface area contributed by atoms with Gasteiger partial charge in [-0.1, -0.05) is 52.8 Å². The number of nitrogens with two attached hydrogens (primary N) is 1. The third-order valence-corrected chi connectivity index (χ3v) is 5.72. The van der Waals surface area contributed by atoms with Crippen LogP contribution in [0.4, 0.5) is 16.2 Å². The molecular weight excluding hydrogens is 580 g/mol. The van der Waals surface area contributed by atoms with Crippen molar-refractivity contribution in [2.24, 2.45) is 10.9 Å². The van der Waals surface area contributed by atoms with Gasteiger partial charge in [-0.25, -0.2) is 26.4 Å². The number of aromatic nitrogens is 2. The fraction of sp³-hybridized carbons (Fsp3) is 0.0833. The predicted molar refractivity (Wildman–Crippen MR) is 150 cm³/mol. The summed E-state index contributed by atoms with van der Waals surface area (Å²) < 4.78 is 58.4. The molecule has 15 nitrogen and oxygen atoms in total. The summed E-state index contributed by atoms with van der Waals surface area (Å²) in [5, 5.41) is 6.97. The third kappa shape index (κ3) is 10.9. The van der Waals surface area contributed by atoms with Gasteiger partial charge in [0.25, 0.3) is 0 Å². The van der Waals surface area contributed by atoms with Crippen LogP contribution in [0.25, 0.3) is 11.4 Å². The number of sulfonamides is 2. The Morgan fingerprint density at radius 2 is 1.51 bits per heavy atom. The number of aromatic amines is 1. The number of H-pyrrole nitrogens is 1. The summed E-state index contributed by atoms with van der Waals surface area (Å²) >= 11 is 0. The minimum Gasteiger partial charge on any atom is -0.393 e. The van der Waals surface area contributed by atoms with Crippen molar-refractivity contribution in [1.29, 1.82) is 0 Å². The van der Waals surface area contributed by atoms with Crippen molar-refractivity contribution in [3.05, 3.63) is 95.0 Å². The first-order valence-corrected chi connectivity index (χ1v) is 15.1. The largest absolute Gasteiger partial charge is 0.540 e. The fourth-order valence-corrected chi connectivity index (χ4v) is 4.11. The lowest BCUT2D eigenvalue weighted by molar-refractivity contribution is 0.102. The first-order valence-electron chi connectivity index (χ1n) is 11.3. The van der Waals surface area contributed by atoms with Gasteiger partial charge in [0.15, 0.2) is 11.7 Å². The molecule has 0 saturated heterocycles. The van der Waals surface area contributed by atoms with E-state index in [-0.39, 0.29) is 11.7 Å². The topological polar surface area (TPSA) is 225 Å². The maximum atomic E-state index is 11.5. The maximum Gasteiger partial charge on any atom is 0.540 e. The summed E-state index contributed by atoms with van der Waals surface area (Å²) in [4.78, 5) is 29.2. The summed E-state index contributed by atoms with van der Waals surface area (Å²) in [5.41, 5.74) is 7.32. The van der Waals surface area contributed by atoms with Crippen LogP contribution in [0.3, 0.4) is 0 Å². The van der Waals surface area contributed by atoms with Gasteiger partial charge in [-0.15, -0.1) is 0 Å². The number of rotatable bonds is 8. The average molecular weight is 605 g/mol. The Morgan fingerprint density at radius 1 is 0.902 bits per heavy atom. The van der Waals surface area contributed by atoms with Crippen LogP contribution in [0.2, 0.25) is 0 Å². The number of benzene rings is 3. The van der Waals surface area contributed by atoms with Crippen molar-refractivity contribution in [1.82, 2.24) is 10.1 Å². The van der Waals surface area contributed by atoms with Crippen molar-refractivity contribution in [3.8, 4) is 17.1 Å². The molecule has 17 heteroatoms. The van der Waals surface area contributed by atoms with E-state index in [1.165, 1.54) is 12.1 Å². The predicted octanol–water partition coefficient (Wildman–Crippen LogP) is 2.30. The van der Waals surface area contributed by atoms with Gasteiger partial charge in [0.1, 0.15) is 5.75 Å². The van der Waals surface area contributed by atoms with Crippen LogP contribution in [-0.4, -0.2) is 51.5 Å². The molecule has 0 unspecified atom stereocenters. The van der Waals surface area contributed by atoms with Crippen molar-refractivity contribution in [2.45, 2.75) is 0 Å². The van der Waals surface area contributed by atoms with E-state index in [4.69, 9.17) is 10.5 Å². The number of amidine groups is 1. The van der Waals surface area contributed by atoms with Crippen LogP contribution in [0, 0.1) is 0 Å². The summed E-state index contributed by atoms with van der Waals surface area (Å²) in [5.74, 6) is -0.235. The molecule has 4 aromatic rings. The minimum atomic E-state index is -3.42. The Hall–Kier alpha value is -5.16. The van der Waals surface area contributed by atoms with Crippen molar-refractivity contribution < 1.29 is 35.7 Å². The molecule has 5 N–H and O–H groups in total. The molecule has 0 amide bonds. The molecule has 0 radical (unpaired) electrons. The Labute approximate surface area is 234 Å². The molecule has 4 rings (SSSR count). The molecule has 0 aliphatic carbocycles. The summed E-state index contributed by atoms with van der Waals surface area (Å²) in [6.45, 7) is 0. The Kier molecular flexibility index (Phi) is 9.83. The zero-order chi connectivity index (χ0) is 30.0. The number of carbonyl (C=O) groups excluding carboxylic acids is 1. The van der Waals surface area contributed by atoms with E-state index in [2.05, 4.69) is 34.1 Å². The van der Waals surface area contributed by atoms with Crippen molar-refractivity contribution >= 4 is 43.4 Å². The van der Waals surface area contributed by atoms with Gasteiger partial charge < -0.3 is 10.5 Å². The molecule has 0 spiro atoms. The van der Waals surface area contributed by atoms with Crippen LogP contribution < -0.4 is 25.7 Å². The Bertz CT molecular complexity index is 1800. The van der Waals surface area contributed by atoms with Crippen LogP contribution in [0.1, 0.15) is 5.56 Å². The fourth-order valence-electron chi connectivity index (χ4n) is 3.00. The van der Waals surface area contributed by atoms with Crippen LogP contribution in [0.15, 0.2) is 93.3 Å². The third-order valence-electron chi connectivity index (χ3n) is 4.50. The molecule has 0 saturated carbocycles. The summed E-state index contributed by atoms with van der Waals surface area (Å²) in [6.07, 6.45) is 1.03. The molecule has 3 aromatic carbocycles. The molecule has 0 bridgehead atoms. The number of ether oxygens (including phenoxy) is 1. The zero-order valence-corrected chi connectivity index (χ0v) is 23.1. The zero-order valence-electron chi connectivity index (χ0n) is 21.5. The van der Waals surface area contributed by atoms with E-state index < -0.39 is 32.0 Å². The smallest absolute Gasteiger partial charge is 0.393 e. The number of nitrogens with one attached hydrogen (secondary N) is 3. The second kappa shape index (κ2) is 13.3. The first-order chi connectivity index (χ1) is 19.3. The van der Waals surface area contributed by atoms with Gasteiger partial charge in [-0.2, -0.15) is 0 Å². The highest BCUT2D eigenvalue weighted by atomic mass is 32.2. The highest BCUT2D eigenvalue weighted by molar-refractivity contribution is 7.92. The molecule has 1 aromatic heterocycles. The average Bonchev–Trinajstić information content (AvgIpc) is 3.33.